The molecule has 0 heterocycles. The van der Waals surface area contributed by atoms with Gasteiger partial charge in [-0.05, 0) is 12.8 Å². The van der Waals surface area contributed by atoms with Gasteiger partial charge in [0.1, 0.15) is 0 Å². The summed E-state index contributed by atoms with van der Waals surface area (Å²) in [7, 11) is 3.55. The maximum atomic E-state index is 10.8. The summed E-state index contributed by atoms with van der Waals surface area (Å²) in [6.07, 6.45) is 1.88. The summed E-state index contributed by atoms with van der Waals surface area (Å²) in [5, 5.41) is 5.43. The summed E-state index contributed by atoms with van der Waals surface area (Å²) in [4.78, 5) is 21.6. The number of carbonyl (C=O) groups excluding carboxylic acids is 2. The highest BCUT2D eigenvalue weighted by molar-refractivity contribution is 8.76. The Morgan fingerprint density at radius 1 is 0.833 bits per heavy atom. The van der Waals surface area contributed by atoms with Gasteiger partial charge in [0.25, 0.3) is 0 Å². The molecular formula is C10H22N4O2S2. The minimum Gasteiger partial charge on any atom is -0.355 e. The molecule has 6 N–H and O–H groups in total. The molecule has 0 aromatic heterocycles. The van der Waals surface area contributed by atoms with Gasteiger partial charge >= 0.3 is 0 Å². The monoisotopic (exact) mass is 294 g/mol. The first kappa shape index (κ1) is 17.6. The Bertz CT molecular complexity index is 218. The van der Waals surface area contributed by atoms with E-state index in [0.717, 1.165) is 24.3 Å². The third-order valence-electron chi connectivity index (χ3n) is 1.91. The highest BCUT2D eigenvalue weighted by atomic mass is 33.1. The molecule has 2 amide bonds. The molecule has 0 aliphatic rings. The van der Waals surface area contributed by atoms with Gasteiger partial charge in [-0.3, -0.25) is 9.59 Å². The van der Waals surface area contributed by atoms with Gasteiger partial charge in [0.2, 0.25) is 11.8 Å². The predicted octanol–water partition coefficient (Wildman–Crippen LogP) is -0.702. The minimum atomic E-state index is -0.108. The van der Waals surface area contributed by atoms with Gasteiger partial charge in [-0.1, -0.05) is 21.6 Å². The molecule has 0 rings (SSSR count). The molecule has 6 nitrogen and oxygen atoms in total. The van der Waals surface area contributed by atoms with Crippen LogP contribution >= 0.6 is 21.6 Å². The molecule has 8 heteroatoms. The van der Waals surface area contributed by atoms with Crippen LogP contribution < -0.4 is 22.1 Å². The summed E-state index contributed by atoms with van der Waals surface area (Å²) in [6, 6.07) is 0. The second kappa shape index (κ2) is 13.0. The Morgan fingerprint density at radius 2 is 1.22 bits per heavy atom. The Kier molecular flexibility index (Phi) is 12.7. The maximum Gasteiger partial charge on any atom is 0.233 e. The van der Waals surface area contributed by atoms with Crippen LogP contribution in [0.5, 0.6) is 0 Å². The Morgan fingerprint density at radius 3 is 1.56 bits per heavy atom. The van der Waals surface area contributed by atoms with Crippen LogP contribution in [-0.4, -0.2) is 49.5 Å². The number of nitrogens with two attached hydrogens (primary N) is 2. The summed E-state index contributed by atoms with van der Waals surface area (Å²) >= 11 is 0. The second-order valence-electron chi connectivity index (χ2n) is 3.46. The van der Waals surface area contributed by atoms with Crippen molar-refractivity contribution in [2.45, 2.75) is 12.8 Å². The van der Waals surface area contributed by atoms with Gasteiger partial charge in [-0.2, -0.15) is 0 Å². The first-order valence-corrected chi connectivity index (χ1v) is 8.37. The largest absolute Gasteiger partial charge is 0.355 e. The topological polar surface area (TPSA) is 110 Å². The number of nitrogens with one attached hydrogen (secondary N) is 2. The molecule has 0 fully saturated rings. The highest BCUT2D eigenvalue weighted by Crippen LogP contribution is 2.22. The number of hydrogen-bond donors (Lipinski definition) is 4. The van der Waals surface area contributed by atoms with Crippen LogP contribution in [0.2, 0.25) is 0 Å². The SMILES string of the molecule is NCC(=O)NCCCSSCCCNC(=O)CN. The third-order valence-corrected chi connectivity index (χ3v) is 4.48. The van der Waals surface area contributed by atoms with Crippen LogP contribution in [0.3, 0.4) is 0 Å². The third kappa shape index (κ3) is 12.0. The fourth-order valence-electron chi connectivity index (χ4n) is 0.980. The van der Waals surface area contributed by atoms with Crippen molar-refractivity contribution in [3.05, 3.63) is 0 Å². The van der Waals surface area contributed by atoms with E-state index in [-0.39, 0.29) is 24.9 Å². The van der Waals surface area contributed by atoms with E-state index < -0.39 is 0 Å². The Balaban J connectivity index is 3.07. The van der Waals surface area contributed by atoms with E-state index in [1.165, 1.54) is 0 Å². The van der Waals surface area contributed by atoms with Crippen molar-refractivity contribution in [1.29, 1.82) is 0 Å². The van der Waals surface area contributed by atoms with Crippen molar-refractivity contribution in [1.82, 2.24) is 10.6 Å². The van der Waals surface area contributed by atoms with Crippen LogP contribution in [0.25, 0.3) is 0 Å². The molecule has 0 saturated heterocycles. The molecule has 0 radical (unpaired) electrons. The summed E-state index contributed by atoms with van der Waals surface area (Å²) in [6.45, 7) is 1.46. The maximum absolute atomic E-state index is 10.8. The molecule has 0 saturated carbocycles. The summed E-state index contributed by atoms with van der Waals surface area (Å²) < 4.78 is 0. The molecule has 0 aromatic carbocycles. The summed E-state index contributed by atoms with van der Waals surface area (Å²) in [5.41, 5.74) is 10.3. The first-order valence-electron chi connectivity index (χ1n) is 5.88. The van der Waals surface area contributed by atoms with E-state index in [9.17, 15) is 9.59 Å². The fourth-order valence-corrected chi connectivity index (χ4v) is 3.15. The van der Waals surface area contributed by atoms with E-state index >= 15 is 0 Å². The Hall–Kier alpha value is -0.440. The lowest BCUT2D eigenvalue weighted by molar-refractivity contribution is -0.120. The van der Waals surface area contributed by atoms with Gasteiger partial charge < -0.3 is 22.1 Å². The van der Waals surface area contributed by atoms with Gasteiger partial charge in [0.05, 0.1) is 13.1 Å². The van der Waals surface area contributed by atoms with Gasteiger partial charge in [-0.15, -0.1) is 0 Å². The molecule has 106 valence electrons. The van der Waals surface area contributed by atoms with E-state index in [4.69, 9.17) is 11.5 Å². The van der Waals surface area contributed by atoms with E-state index in [1.54, 1.807) is 21.6 Å². The van der Waals surface area contributed by atoms with Crippen LogP contribution in [0, 0.1) is 0 Å². The molecule has 18 heavy (non-hydrogen) atoms. The van der Waals surface area contributed by atoms with Crippen molar-refractivity contribution in [2.24, 2.45) is 11.5 Å². The number of amides is 2. The van der Waals surface area contributed by atoms with Crippen molar-refractivity contribution in [3.8, 4) is 0 Å². The van der Waals surface area contributed by atoms with Crippen molar-refractivity contribution in [2.75, 3.05) is 37.7 Å². The molecule has 0 aliphatic heterocycles. The molecule has 0 unspecified atom stereocenters. The molecule has 0 atom stereocenters. The number of hydrogen-bond acceptors (Lipinski definition) is 6. The Labute approximate surface area is 116 Å². The smallest absolute Gasteiger partial charge is 0.233 e. The number of rotatable bonds is 11. The molecule has 0 bridgehead atoms. The zero-order valence-corrected chi connectivity index (χ0v) is 12.1. The standard InChI is InChI=1S/C10H22N4O2S2/c11-7-9(15)13-3-1-5-17-18-6-2-4-14-10(16)8-12/h1-8,11-12H2,(H,13,15)(H,14,16). The van der Waals surface area contributed by atoms with Gasteiger partial charge in [0, 0.05) is 24.6 Å². The van der Waals surface area contributed by atoms with Crippen LogP contribution in [0.4, 0.5) is 0 Å². The van der Waals surface area contributed by atoms with Crippen LogP contribution in [0.15, 0.2) is 0 Å². The summed E-state index contributed by atoms with van der Waals surface area (Å²) in [5.74, 6) is 1.77. The molecule has 0 aliphatic carbocycles. The van der Waals surface area contributed by atoms with Crippen LogP contribution in [0.1, 0.15) is 12.8 Å². The lowest BCUT2D eigenvalue weighted by Gasteiger charge is -2.04. The van der Waals surface area contributed by atoms with Gasteiger partial charge in [0.15, 0.2) is 0 Å². The molecule has 0 aromatic rings. The average Bonchev–Trinajstić information content (AvgIpc) is 2.40. The van der Waals surface area contributed by atoms with E-state index in [0.29, 0.717) is 13.1 Å². The van der Waals surface area contributed by atoms with Crippen molar-refractivity contribution >= 4 is 33.4 Å². The molecule has 0 spiro atoms. The van der Waals surface area contributed by atoms with Crippen molar-refractivity contribution < 1.29 is 9.59 Å². The lowest BCUT2D eigenvalue weighted by Crippen LogP contribution is -2.31. The normalized spacial score (nSPS) is 10.1. The predicted molar refractivity (Wildman–Crippen MR) is 78.3 cm³/mol. The minimum absolute atomic E-state index is 0.0520. The van der Waals surface area contributed by atoms with E-state index in [2.05, 4.69) is 10.6 Å². The fraction of sp³-hybridized carbons (Fsp3) is 0.800. The average molecular weight is 294 g/mol. The second-order valence-corrected chi connectivity index (χ2v) is 6.16. The quantitative estimate of drug-likeness (QED) is 0.296. The highest BCUT2D eigenvalue weighted by Gasteiger charge is 1.97. The zero-order valence-electron chi connectivity index (χ0n) is 10.4. The van der Waals surface area contributed by atoms with Crippen LogP contribution in [-0.2, 0) is 9.59 Å². The molecular weight excluding hydrogens is 272 g/mol. The van der Waals surface area contributed by atoms with Gasteiger partial charge in [-0.25, -0.2) is 0 Å². The van der Waals surface area contributed by atoms with Crippen molar-refractivity contribution in [3.63, 3.8) is 0 Å². The first-order chi connectivity index (χ1) is 8.70. The number of carbonyl (C=O) groups is 2. The van der Waals surface area contributed by atoms with E-state index in [1.807, 2.05) is 0 Å². The zero-order chi connectivity index (χ0) is 13.6. The lowest BCUT2D eigenvalue weighted by atomic mass is 10.4.